The zero-order valence-electron chi connectivity index (χ0n) is 19.7. The molecule has 2 aromatic rings. The molecular weight excluding hydrogens is 404 g/mol. The normalized spacial score (nSPS) is 16.5. The van der Waals surface area contributed by atoms with Crippen molar-refractivity contribution >= 4 is 17.7 Å². The summed E-state index contributed by atoms with van der Waals surface area (Å²) < 4.78 is 10.4. The largest absolute Gasteiger partial charge is 0.513 e. The minimum atomic E-state index is -0.713. The Labute approximate surface area is 190 Å². The molecule has 1 aliphatic rings. The van der Waals surface area contributed by atoms with Gasteiger partial charge in [-0.1, -0.05) is 39.0 Å². The first-order valence-electron chi connectivity index (χ1n) is 11.2. The van der Waals surface area contributed by atoms with Crippen LogP contribution in [0.3, 0.4) is 0 Å². The molecule has 172 valence electrons. The van der Waals surface area contributed by atoms with Gasteiger partial charge in [-0.25, -0.2) is 4.79 Å². The van der Waals surface area contributed by atoms with Gasteiger partial charge in [0, 0.05) is 12.2 Å². The Morgan fingerprint density at radius 2 is 1.81 bits per heavy atom. The van der Waals surface area contributed by atoms with E-state index in [1.165, 1.54) is 5.56 Å². The number of nitrogens with zero attached hydrogens (tertiary/aromatic N) is 1. The highest BCUT2D eigenvalue weighted by atomic mass is 16.7. The van der Waals surface area contributed by atoms with E-state index in [1.54, 1.807) is 12.1 Å². The summed E-state index contributed by atoms with van der Waals surface area (Å²) in [6.45, 7) is 10.9. The Bertz CT molecular complexity index is 963. The van der Waals surface area contributed by atoms with Crippen molar-refractivity contribution in [1.29, 1.82) is 0 Å². The lowest BCUT2D eigenvalue weighted by Crippen LogP contribution is -2.48. The molecule has 2 N–H and O–H groups in total. The molecule has 0 fully saturated rings. The van der Waals surface area contributed by atoms with Crippen LogP contribution in [0.4, 0.5) is 10.5 Å². The molecule has 0 aromatic heterocycles. The molecule has 1 amide bonds. The van der Waals surface area contributed by atoms with E-state index < -0.39 is 12.2 Å². The molecule has 6 heteroatoms. The second-order valence-corrected chi connectivity index (χ2v) is 9.29. The molecule has 1 aliphatic heterocycles. The van der Waals surface area contributed by atoms with Crippen molar-refractivity contribution in [3.63, 3.8) is 0 Å². The van der Waals surface area contributed by atoms with E-state index in [4.69, 9.17) is 15.2 Å². The van der Waals surface area contributed by atoms with Gasteiger partial charge in [-0.15, -0.1) is 0 Å². The van der Waals surface area contributed by atoms with Crippen molar-refractivity contribution in [3.8, 4) is 5.75 Å². The van der Waals surface area contributed by atoms with Crippen LogP contribution in [0.25, 0.3) is 0 Å². The van der Waals surface area contributed by atoms with Crippen molar-refractivity contribution in [2.45, 2.75) is 53.5 Å². The summed E-state index contributed by atoms with van der Waals surface area (Å²) in [5, 5.41) is 0. The summed E-state index contributed by atoms with van der Waals surface area (Å²) in [6, 6.07) is 11.0. The van der Waals surface area contributed by atoms with Gasteiger partial charge >= 0.3 is 6.16 Å². The molecular formula is C26H34N2O4. The fraction of sp³-hybridized carbons (Fsp3) is 0.462. The van der Waals surface area contributed by atoms with Crippen molar-refractivity contribution in [1.82, 2.24) is 0 Å². The van der Waals surface area contributed by atoms with E-state index in [0.29, 0.717) is 31.2 Å². The van der Waals surface area contributed by atoms with Gasteiger partial charge in [0.25, 0.3) is 0 Å². The number of nitrogens with two attached hydrogens (primary N) is 1. The Hall–Kier alpha value is -2.86. The third kappa shape index (κ3) is 5.68. The van der Waals surface area contributed by atoms with E-state index in [0.717, 1.165) is 28.8 Å². The number of anilines is 1. The number of ether oxygens (including phenoxy) is 2. The molecule has 0 bridgehead atoms. The lowest BCUT2D eigenvalue weighted by atomic mass is 9.92. The number of rotatable bonds is 6. The second-order valence-electron chi connectivity index (χ2n) is 9.29. The van der Waals surface area contributed by atoms with E-state index >= 15 is 0 Å². The SMILES string of the molecule is Cc1cc(OC(=O)OCC(C)C)cc(C)c1CC(N)C(=O)N1CC(C)Cc2ccccc21. The van der Waals surface area contributed by atoms with Crippen LogP contribution < -0.4 is 15.4 Å². The fourth-order valence-corrected chi connectivity index (χ4v) is 4.21. The van der Waals surface area contributed by atoms with Crippen LogP contribution in [0.15, 0.2) is 36.4 Å². The number of aryl methyl sites for hydroxylation is 2. The van der Waals surface area contributed by atoms with Crippen molar-refractivity contribution in [3.05, 3.63) is 58.7 Å². The Morgan fingerprint density at radius 3 is 2.47 bits per heavy atom. The Morgan fingerprint density at radius 1 is 1.16 bits per heavy atom. The maximum Gasteiger partial charge on any atom is 0.513 e. The summed E-state index contributed by atoms with van der Waals surface area (Å²) in [7, 11) is 0. The molecule has 2 unspecified atom stereocenters. The van der Waals surface area contributed by atoms with Gasteiger partial charge in [0.15, 0.2) is 0 Å². The van der Waals surface area contributed by atoms with Crippen LogP contribution in [0.5, 0.6) is 5.75 Å². The average molecular weight is 439 g/mol. The minimum absolute atomic E-state index is 0.0691. The molecule has 0 saturated carbocycles. The minimum Gasteiger partial charge on any atom is -0.434 e. The van der Waals surface area contributed by atoms with Crippen LogP contribution in [-0.4, -0.2) is 31.3 Å². The fourth-order valence-electron chi connectivity index (χ4n) is 4.21. The topological polar surface area (TPSA) is 81.9 Å². The molecule has 1 heterocycles. The van der Waals surface area contributed by atoms with Crippen molar-refractivity contribution in [2.75, 3.05) is 18.1 Å². The number of para-hydroxylation sites is 1. The molecule has 0 radical (unpaired) electrons. The number of carbonyl (C=O) groups excluding carboxylic acids is 2. The van der Waals surface area contributed by atoms with Gasteiger partial charge in [0.1, 0.15) is 5.75 Å². The van der Waals surface area contributed by atoms with Crippen LogP contribution in [0.2, 0.25) is 0 Å². The van der Waals surface area contributed by atoms with E-state index in [9.17, 15) is 9.59 Å². The van der Waals surface area contributed by atoms with E-state index in [2.05, 4.69) is 13.0 Å². The molecule has 32 heavy (non-hydrogen) atoms. The molecule has 2 atom stereocenters. The summed E-state index contributed by atoms with van der Waals surface area (Å²) in [4.78, 5) is 27.0. The first-order chi connectivity index (χ1) is 15.2. The van der Waals surface area contributed by atoms with Gasteiger partial charge < -0.3 is 20.1 Å². The summed E-state index contributed by atoms with van der Waals surface area (Å²) in [5.74, 6) is 0.982. The lowest BCUT2D eigenvalue weighted by molar-refractivity contribution is -0.120. The third-order valence-corrected chi connectivity index (χ3v) is 5.76. The van der Waals surface area contributed by atoms with Gasteiger partial charge in [-0.3, -0.25) is 4.79 Å². The first kappa shape index (κ1) is 23.8. The highest BCUT2D eigenvalue weighted by Gasteiger charge is 2.30. The number of hydrogen-bond donors (Lipinski definition) is 1. The van der Waals surface area contributed by atoms with Gasteiger partial charge in [0.05, 0.1) is 12.6 Å². The predicted octanol–water partition coefficient (Wildman–Crippen LogP) is 4.57. The van der Waals surface area contributed by atoms with Gasteiger partial charge in [-0.2, -0.15) is 0 Å². The molecule has 3 rings (SSSR count). The summed E-state index contributed by atoms with van der Waals surface area (Å²) in [5.41, 5.74) is 11.4. The average Bonchev–Trinajstić information content (AvgIpc) is 2.73. The Balaban J connectivity index is 1.72. The van der Waals surface area contributed by atoms with Crippen molar-refractivity contribution < 1.29 is 19.1 Å². The lowest BCUT2D eigenvalue weighted by Gasteiger charge is -2.34. The second kappa shape index (κ2) is 10.2. The highest BCUT2D eigenvalue weighted by molar-refractivity contribution is 5.98. The van der Waals surface area contributed by atoms with Crippen LogP contribution >= 0.6 is 0 Å². The van der Waals surface area contributed by atoms with E-state index in [1.807, 2.05) is 50.8 Å². The zero-order valence-corrected chi connectivity index (χ0v) is 19.7. The van der Waals surface area contributed by atoms with Crippen LogP contribution in [-0.2, 0) is 22.4 Å². The summed E-state index contributed by atoms with van der Waals surface area (Å²) in [6.07, 6.45) is 0.672. The van der Waals surface area contributed by atoms with Gasteiger partial charge in [-0.05, 0) is 79.0 Å². The van der Waals surface area contributed by atoms with Crippen LogP contribution in [0, 0.1) is 25.7 Å². The number of carbonyl (C=O) groups is 2. The quantitative estimate of drug-likeness (QED) is 0.528. The standard InChI is InChI=1S/C26H34N2O4/c1-16(2)15-31-26(30)32-21-11-18(4)22(19(5)12-21)13-23(27)25(29)28-14-17(3)10-20-8-6-7-9-24(20)28/h6-9,11-12,16-17,23H,10,13-15,27H2,1-5H3. The number of amides is 1. The molecule has 6 nitrogen and oxygen atoms in total. The smallest absolute Gasteiger partial charge is 0.434 e. The maximum absolute atomic E-state index is 13.3. The molecule has 0 saturated heterocycles. The third-order valence-electron chi connectivity index (χ3n) is 5.76. The highest BCUT2D eigenvalue weighted by Crippen LogP contribution is 2.30. The number of fused-ring (bicyclic) bond motifs is 1. The number of hydrogen-bond acceptors (Lipinski definition) is 5. The monoisotopic (exact) mass is 438 g/mol. The maximum atomic E-state index is 13.3. The van der Waals surface area contributed by atoms with Gasteiger partial charge in [0.2, 0.25) is 5.91 Å². The van der Waals surface area contributed by atoms with E-state index in [-0.39, 0.29) is 11.8 Å². The molecule has 2 aromatic carbocycles. The zero-order chi connectivity index (χ0) is 23.4. The molecule has 0 aliphatic carbocycles. The van der Waals surface area contributed by atoms with Crippen molar-refractivity contribution in [2.24, 2.45) is 17.6 Å². The predicted molar refractivity (Wildman–Crippen MR) is 126 cm³/mol. The summed E-state index contributed by atoms with van der Waals surface area (Å²) >= 11 is 0. The number of benzene rings is 2. The van der Waals surface area contributed by atoms with Crippen LogP contribution in [0.1, 0.15) is 43.0 Å². The molecule has 0 spiro atoms. The first-order valence-corrected chi connectivity index (χ1v) is 11.2. The Kier molecular flexibility index (Phi) is 7.56.